The maximum atomic E-state index is 2.24. The van der Waals surface area contributed by atoms with Crippen molar-refractivity contribution in [3.8, 4) is 0 Å². The van der Waals surface area contributed by atoms with Crippen molar-refractivity contribution >= 4 is 12.4 Å². The molecule has 0 atom stereocenters. The molecule has 0 amide bonds. The predicted molar refractivity (Wildman–Crippen MR) is 32.7 cm³/mol. The van der Waals surface area contributed by atoms with Crippen LogP contribution >= 0.6 is 12.4 Å². The summed E-state index contributed by atoms with van der Waals surface area (Å²) in [7, 11) is 0. The van der Waals surface area contributed by atoms with E-state index >= 15 is 0 Å². The van der Waals surface area contributed by atoms with E-state index in [1.54, 1.807) is 0 Å². The minimum absolute atomic E-state index is 0. The van der Waals surface area contributed by atoms with Crippen molar-refractivity contribution in [2.45, 2.75) is 19.3 Å². The van der Waals surface area contributed by atoms with Crippen molar-refractivity contribution in [1.82, 2.24) is 0 Å². The summed E-state index contributed by atoms with van der Waals surface area (Å²) in [6.45, 7) is 0. The first-order chi connectivity index (χ1) is 2.50. The van der Waals surface area contributed by atoms with Crippen LogP contribution in [0.5, 0.6) is 0 Å². The molecule has 0 aromatic heterocycles. The van der Waals surface area contributed by atoms with Crippen LogP contribution < -0.4 is 0 Å². The fourth-order valence-corrected chi connectivity index (χ4v) is 0.589. The van der Waals surface area contributed by atoms with Crippen molar-refractivity contribution in [3.05, 3.63) is 12.2 Å². The molecular formula is C5H10ClF. The van der Waals surface area contributed by atoms with E-state index in [4.69, 9.17) is 0 Å². The van der Waals surface area contributed by atoms with Gasteiger partial charge in [0.1, 0.15) is 0 Å². The molecule has 0 N–H and O–H groups in total. The van der Waals surface area contributed by atoms with Crippen LogP contribution in [0.4, 0.5) is 4.70 Å². The van der Waals surface area contributed by atoms with Gasteiger partial charge in [-0.1, -0.05) is 12.2 Å². The third-order valence-electron chi connectivity index (χ3n) is 0.908. The van der Waals surface area contributed by atoms with Gasteiger partial charge in [0.15, 0.2) is 0 Å². The number of halogens is 2. The minimum Gasteiger partial charge on any atom is -0.269 e. The Morgan fingerprint density at radius 2 is 1.43 bits per heavy atom. The second-order valence-electron chi connectivity index (χ2n) is 1.40. The molecular weight excluding hydrogens is 115 g/mol. The molecule has 44 valence electrons. The highest BCUT2D eigenvalue weighted by Crippen LogP contribution is 2.05. The Balaban J connectivity index is 0. The van der Waals surface area contributed by atoms with Crippen LogP contribution in [0.1, 0.15) is 19.3 Å². The molecule has 1 aliphatic carbocycles. The van der Waals surface area contributed by atoms with Gasteiger partial charge in [-0.2, -0.15) is 0 Å². The second-order valence-corrected chi connectivity index (χ2v) is 1.40. The molecule has 0 nitrogen and oxygen atoms in total. The highest BCUT2D eigenvalue weighted by atomic mass is 35.5. The number of hydrogen-bond donors (Lipinski definition) is 0. The third-order valence-corrected chi connectivity index (χ3v) is 0.908. The topological polar surface area (TPSA) is 0 Å². The van der Waals surface area contributed by atoms with Gasteiger partial charge in [0.05, 0.1) is 0 Å². The van der Waals surface area contributed by atoms with Crippen molar-refractivity contribution in [1.29, 1.82) is 0 Å². The van der Waals surface area contributed by atoms with Crippen molar-refractivity contribution in [2.24, 2.45) is 0 Å². The lowest BCUT2D eigenvalue weighted by molar-refractivity contribution is 0.929. The molecule has 0 radical (unpaired) electrons. The van der Waals surface area contributed by atoms with Crippen molar-refractivity contribution < 1.29 is 4.70 Å². The van der Waals surface area contributed by atoms with Gasteiger partial charge < -0.3 is 0 Å². The van der Waals surface area contributed by atoms with Gasteiger partial charge in [-0.15, -0.1) is 12.4 Å². The molecule has 0 heterocycles. The van der Waals surface area contributed by atoms with E-state index in [9.17, 15) is 0 Å². The van der Waals surface area contributed by atoms with E-state index in [0.29, 0.717) is 0 Å². The minimum atomic E-state index is 0. The van der Waals surface area contributed by atoms with E-state index in [2.05, 4.69) is 12.2 Å². The zero-order chi connectivity index (χ0) is 3.54. The van der Waals surface area contributed by atoms with Crippen LogP contribution in [-0.4, -0.2) is 0 Å². The van der Waals surface area contributed by atoms with Gasteiger partial charge in [0.25, 0.3) is 0 Å². The highest BCUT2D eigenvalue weighted by molar-refractivity contribution is 5.85. The number of allylic oxidation sites excluding steroid dienone is 2. The fraction of sp³-hybridized carbons (Fsp3) is 0.600. The van der Waals surface area contributed by atoms with Gasteiger partial charge in [0.2, 0.25) is 0 Å². The van der Waals surface area contributed by atoms with Gasteiger partial charge in [-0.3, -0.25) is 4.70 Å². The molecule has 0 spiro atoms. The molecule has 0 aliphatic heterocycles. The average Bonchev–Trinajstić information content (AvgIpc) is 1.76. The normalized spacial score (nSPS) is 14.9. The summed E-state index contributed by atoms with van der Waals surface area (Å²) < 4.78 is 0. The lowest BCUT2D eigenvalue weighted by Crippen LogP contribution is -1.50. The Kier molecular flexibility index (Phi) is 8.56. The highest BCUT2D eigenvalue weighted by Gasteiger charge is 1.84. The quantitative estimate of drug-likeness (QED) is 0.435. The van der Waals surface area contributed by atoms with Crippen LogP contribution in [0.15, 0.2) is 12.2 Å². The Morgan fingerprint density at radius 3 is 1.57 bits per heavy atom. The van der Waals surface area contributed by atoms with Crippen molar-refractivity contribution in [3.63, 3.8) is 0 Å². The van der Waals surface area contributed by atoms with E-state index in [-0.39, 0.29) is 17.1 Å². The Hall–Kier alpha value is -0.0400. The maximum Gasteiger partial charge on any atom is -0.0348 e. The molecule has 0 aromatic rings. The maximum absolute atomic E-state index is 2.24. The van der Waals surface area contributed by atoms with E-state index in [0.717, 1.165) is 0 Å². The molecule has 0 aromatic carbocycles. The standard InChI is InChI=1S/C5H8.ClH.FH/c1-2-4-5-3-1;;/h1-2H,3-5H2;2*1H. The van der Waals surface area contributed by atoms with E-state index < -0.39 is 0 Å². The first-order valence-electron chi connectivity index (χ1n) is 2.15. The lowest BCUT2D eigenvalue weighted by Gasteiger charge is -1.69. The fourth-order valence-electron chi connectivity index (χ4n) is 0.589. The summed E-state index contributed by atoms with van der Waals surface area (Å²) in [4.78, 5) is 0. The van der Waals surface area contributed by atoms with Gasteiger partial charge >= 0.3 is 0 Å². The number of hydrogen-bond acceptors (Lipinski definition) is 0. The lowest BCUT2D eigenvalue weighted by atomic mass is 10.4. The van der Waals surface area contributed by atoms with Crippen LogP contribution in [0.2, 0.25) is 0 Å². The summed E-state index contributed by atoms with van der Waals surface area (Å²) in [5, 5.41) is 0. The largest absolute Gasteiger partial charge is 0.269 e. The first-order valence-corrected chi connectivity index (χ1v) is 2.15. The molecule has 2 heteroatoms. The molecule has 0 saturated carbocycles. The van der Waals surface area contributed by atoms with Crippen LogP contribution in [0, 0.1) is 0 Å². The first kappa shape index (κ1) is 10.0. The molecule has 0 fully saturated rings. The average molecular weight is 125 g/mol. The van der Waals surface area contributed by atoms with Gasteiger partial charge in [0, 0.05) is 0 Å². The SMILES string of the molecule is C1=CCCC1.Cl.F. The summed E-state index contributed by atoms with van der Waals surface area (Å²) in [5.41, 5.74) is 0. The smallest absolute Gasteiger partial charge is 0.0348 e. The molecule has 0 bridgehead atoms. The molecule has 1 aliphatic rings. The van der Waals surface area contributed by atoms with Crippen molar-refractivity contribution in [2.75, 3.05) is 0 Å². The summed E-state index contributed by atoms with van der Waals surface area (Å²) in [6.07, 6.45) is 8.50. The molecule has 0 unspecified atom stereocenters. The Labute approximate surface area is 49.4 Å². The van der Waals surface area contributed by atoms with Gasteiger partial charge in [-0.25, -0.2) is 0 Å². The Bertz CT molecular complexity index is 46.0. The van der Waals surface area contributed by atoms with Crippen LogP contribution in [0.25, 0.3) is 0 Å². The van der Waals surface area contributed by atoms with Gasteiger partial charge in [-0.05, 0) is 19.3 Å². The summed E-state index contributed by atoms with van der Waals surface area (Å²) >= 11 is 0. The number of rotatable bonds is 0. The summed E-state index contributed by atoms with van der Waals surface area (Å²) in [6, 6.07) is 0. The third kappa shape index (κ3) is 3.80. The van der Waals surface area contributed by atoms with Crippen LogP contribution in [0.3, 0.4) is 0 Å². The van der Waals surface area contributed by atoms with Crippen LogP contribution in [-0.2, 0) is 0 Å². The monoisotopic (exact) mass is 124 g/mol. The molecule has 0 saturated heterocycles. The Morgan fingerprint density at radius 1 is 1.00 bits per heavy atom. The molecule has 7 heavy (non-hydrogen) atoms. The molecule has 1 rings (SSSR count). The van der Waals surface area contributed by atoms with E-state index in [1.165, 1.54) is 19.3 Å². The summed E-state index contributed by atoms with van der Waals surface area (Å²) in [5.74, 6) is 0. The van der Waals surface area contributed by atoms with E-state index in [1.807, 2.05) is 0 Å². The zero-order valence-electron chi connectivity index (χ0n) is 4.09. The predicted octanol–water partition coefficient (Wildman–Crippen LogP) is 2.30. The second kappa shape index (κ2) is 5.96. The zero-order valence-corrected chi connectivity index (χ0v) is 4.91.